The van der Waals surface area contributed by atoms with Crippen molar-refractivity contribution < 1.29 is 14.6 Å². The van der Waals surface area contributed by atoms with Gasteiger partial charge in [-0.25, -0.2) is 0 Å². The predicted octanol–water partition coefficient (Wildman–Crippen LogP) is 5.98. The molecule has 1 saturated heterocycles. The molecule has 1 aliphatic heterocycles. The van der Waals surface area contributed by atoms with Gasteiger partial charge in [-0.15, -0.1) is 24.8 Å². The van der Waals surface area contributed by atoms with Crippen molar-refractivity contribution in [3.8, 4) is 11.5 Å². The van der Waals surface area contributed by atoms with Crippen molar-refractivity contribution in [3.63, 3.8) is 0 Å². The Hall–Kier alpha value is -1.66. The lowest BCUT2D eigenvalue weighted by atomic mass is 9.89. The van der Waals surface area contributed by atoms with Crippen LogP contribution in [0.4, 0.5) is 5.69 Å². The molecule has 7 heteroatoms. The van der Waals surface area contributed by atoms with Crippen molar-refractivity contribution in [1.82, 2.24) is 4.90 Å². The molecule has 196 valence electrons. The third-order valence-electron chi connectivity index (χ3n) is 7.55. The quantitative estimate of drug-likeness (QED) is 0.415. The maximum Gasteiger partial charge on any atom is 0.123 e. The molecule has 2 aromatic carbocycles. The molecule has 1 aliphatic carbocycles. The largest absolute Gasteiger partial charge is 0.491 e. The van der Waals surface area contributed by atoms with E-state index in [9.17, 15) is 5.11 Å². The monoisotopic (exact) mass is 524 g/mol. The van der Waals surface area contributed by atoms with Crippen LogP contribution in [0.15, 0.2) is 30.3 Å². The maximum absolute atomic E-state index is 10.6. The second-order valence-electron chi connectivity index (χ2n) is 9.99. The van der Waals surface area contributed by atoms with E-state index in [0.29, 0.717) is 25.2 Å². The van der Waals surface area contributed by atoms with E-state index in [4.69, 9.17) is 15.2 Å². The smallest absolute Gasteiger partial charge is 0.123 e. The van der Waals surface area contributed by atoms with Gasteiger partial charge in [-0.05, 0) is 119 Å². The Morgan fingerprint density at radius 2 is 1.60 bits per heavy atom. The van der Waals surface area contributed by atoms with Gasteiger partial charge in [-0.1, -0.05) is 12.1 Å². The van der Waals surface area contributed by atoms with E-state index in [0.717, 1.165) is 59.8 Å². The van der Waals surface area contributed by atoms with Gasteiger partial charge in [0.1, 0.15) is 24.2 Å². The summed E-state index contributed by atoms with van der Waals surface area (Å²) in [6.07, 6.45) is 7.10. The first-order valence-electron chi connectivity index (χ1n) is 12.6. The molecule has 1 heterocycles. The molecule has 2 aliphatic rings. The SMILES string of the molecule is Cc1cc(OCC(O)CN2CCC(c3ccc(OC4CCCC4)cc3)CC2)c(C)c(C)c1N.Cl.Cl. The minimum atomic E-state index is -0.508. The lowest BCUT2D eigenvalue weighted by Crippen LogP contribution is -2.40. The zero-order valence-electron chi connectivity index (χ0n) is 21.3. The van der Waals surface area contributed by atoms with Gasteiger partial charge in [0.05, 0.1) is 6.10 Å². The van der Waals surface area contributed by atoms with E-state index in [1.54, 1.807) is 0 Å². The summed E-state index contributed by atoms with van der Waals surface area (Å²) in [5.41, 5.74) is 11.4. The Balaban J connectivity index is 0.00000216. The molecule has 0 aromatic heterocycles. The highest BCUT2D eigenvalue weighted by atomic mass is 35.5. The lowest BCUT2D eigenvalue weighted by molar-refractivity contribution is 0.0592. The van der Waals surface area contributed by atoms with Gasteiger partial charge in [0.25, 0.3) is 0 Å². The number of piperidine rings is 1. The fourth-order valence-corrected chi connectivity index (χ4v) is 5.22. The number of nitrogens with two attached hydrogens (primary N) is 1. The summed E-state index contributed by atoms with van der Waals surface area (Å²) in [6, 6.07) is 10.7. The van der Waals surface area contributed by atoms with Crippen molar-refractivity contribution in [2.75, 3.05) is 32.0 Å². The molecule has 35 heavy (non-hydrogen) atoms. The Morgan fingerprint density at radius 3 is 2.23 bits per heavy atom. The van der Waals surface area contributed by atoms with Gasteiger partial charge in [0.15, 0.2) is 0 Å². The van der Waals surface area contributed by atoms with Gasteiger partial charge < -0.3 is 25.2 Å². The maximum atomic E-state index is 10.6. The molecule has 0 spiro atoms. The second-order valence-corrected chi connectivity index (χ2v) is 9.99. The van der Waals surface area contributed by atoms with Crippen LogP contribution in [0.2, 0.25) is 0 Å². The van der Waals surface area contributed by atoms with Gasteiger partial charge in [0, 0.05) is 12.2 Å². The van der Waals surface area contributed by atoms with Gasteiger partial charge in [-0.2, -0.15) is 0 Å². The van der Waals surface area contributed by atoms with E-state index in [1.807, 2.05) is 26.8 Å². The number of anilines is 1. The van der Waals surface area contributed by atoms with Gasteiger partial charge >= 0.3 is 0 Å². The summed E-state index contributed by atoms with van der Waals surface area (Å²) in [5, 5.41) is 10.6. The number of hydrogen-bond acceptors (Lipinski definition) is 5. The number of ether oxygens (including phenoxy) is 2. The summed E-state index contributed by atoms with van der Waals surface area (Å²) in [7, 11) is 0. The molecule has 1 unspecified atom stereocenters. The first-order valence-corrected chi connectivity index (χ1v) is 12.6. The zero-order valence-corrected chi connectivity index (χ0v) is 22.9. The number of aliphatic hydroxyl groups excluding tert-OH is 1. The number of halogens is 2. The molecule has 1 saturated carbocycles. The van der Waals surface area contributed by atoms with Gasteiger partial charge in [0.2, 0.25) is 0 Å². The molecule has 5 nitrogen and oxygen atoms in total. The predicted molar refractivity (Wildman–Crippen MR) is 149 cm³/mol. The first-order chi connectivity index (χ1) is 15.9. The van der Waals surface area contributed by atoms with Crippen molar-refractivity contribution >= 4 is 30.5 Å². The van der Waals surface area contributed by atoms with Crippen LogP contribution in [0.3, 0.4) is 0 Å². The summed E-state index contributed by atoms with van der Waals surface area (Å²) in [6.45, 7) is 8.97. The molecule has 4 rings (SSSR count). The average molecular weight is 526 g/mol. The van der Waals surface area contributed by atoms with Crippen molar-refractivity contribution in [2.24, 2.45) is 0 Å². The molecule has 2 aromatic rings. The van der Waals surface area contributed by atoms with E-state index < -0.39 is 6.10 Å². The minimum Gasteiger partial charge on any atom is -0.491 e. The molecular weight excluding hydrogens is 483 g/mol. The summed E-state index contributed by atoms with van der Waals surface area (Å²) in [4.78, 5) is 2.36. The number of rotatable bonds is 8. The topological polar surface area (TPSA) is 68.0 Å². The van der Waals surface area contributed by atoms with Crippen LogP contribution >= 0.6 is 24.8 Å². The van der Waals surface area contributed by atoms with E-state index in [-0.39, 0.29) is 24.8 Å². The van der Waals surface area contributed by atoms with Crippen LogP contribution in [-0.2, 0) is 0 Å². The molecular formula is C28H42Cl2N2O3. The van der Waals surface area contributed by atoms with E-state index in [2.05, 4.69) is 29.2 Å². The second kappa shape index (κ2) is 13.6. The Kier molecular flexibility index (Phi) is 11.5. The Labute approximate surface area is 223 Å². The summed E-state index contributed by atoms with van der Waals surface area (Å²) < 4.78 is 12.1. The summed E-state index contributed by atoms with van der Waals surface area (Å²) in [5.74, 6) is 2.41. The van der Waals surface area contributed by atoms with Crippen molar-refractivity contribution in [2.45, 2.75) is 77.4 Å². The zero-order chi connectivity index (χ0) is 23.4. The van der Waals surface area contributed by atoms with Crippen LogP contribution in [0.1, 0.15) is 66.7 Å². The third-order valence-corrected chi connectivity index (χ3v) is 7.55. The number of nitrogens with zero attached hydrogens (tertiary/aromatic N) is 1. The van der Waals surface area contributed by atoms with Crippen molar-refractivity contribution in [3.05, 3.63) is 52.6 Å². The van der Waals surface area contributed by atoms with Crippen LogP contribution in [-0.4, -0.2) is 48.5 Å². The first kappa shape index (κ1) is 29.6. The highest BCUT2D eigenvalue weighted by molar-refractivity contribution is 5.85. The number of β-amino-alcohol motifs (C(OH)–C–C–N with tert-alkyl or cyclic N) is 1. The van der Waals surface area contributed by atoms with Crippen LogP contribution in [0, 0.1) is 20.8 Å². The number of likely N-dealkylation sites (tertiary alicyclic amines) is 1. The van der Waals surface area contributed by atoms with Crippen LogP contribution < -0.4 is 15.2 Å². The third kappa shape index (κ3) is 7.66. The Morgan fingerprint density at radius 1 is 0.971 bits per heavy atom. The molecule has 1 atom stereocenters. The molecule has 0 bridgehead atoms. The number of benzene rings is 2. The molecule has 0 radical (unpaired) electrons. The Bertz CT molecular complexity index is 925. The summed E-state index contributed by atoms with van der Waals surface area (Å²) >= 11 is 0. The fraction of sp³-hybridized carbons (Fsp3) is 0.571. The number of aryl methyl sites for hydroxylation is 1. The standard InChI is InChI=1S/C28H40N2O3.2ClH/c1-19-16-27(20(2)21(3)28(19)29)32-18-24(31)17-30-14-12-23(13-15-30)22-8-10-26(11-9-22)33-25-6-4-5-7-25;;/h8-11,16,23-25,31H,4-7,12-15,17-18,29H2,1-3H3;2*1H. The van der Waals surface area contributed by atoms with E-state index in [1.165, 1.54) is 31.2 Å². The number of nitrogen functional groups attached to an aromatic ring is 1. The lowest BCUT2D eigenvalue weighted by Gasteiger charge is -2.33. The number of aliphatic hydroxyl groups is 1. The highest BCUT2D eigenvalue weighted by Crippen LogP contribution is 2.31. The normalized spacial score (nSPS) is 17.9. The fourth-order valence-electron chi connectivity index (χ4n) is 5.22. The number of hydrogen-bond donors (Lipinski definition) is 2. The van der Waals surface area contributed by atoms with Gasteiger partial charge in [-0.3, -0.25) is 0 Å². The van der Waals surface area contributed by atoms with Crippen LogP contribution in [0.25, 0.3) is 0 Å². The molecule has 3 N–H and O–H groups in total. The minimum absolute atomic E-state index is 0. The molecule has 2 fully saturated rings. The van der Waals surface area contributed by atoms with Crippen LogP contribution in [0.5, 0.6) is 11.5 Å². The van der Waals surface area contributed by atoms with Crippen molar-refractivity contribution in [1.29, 1.82) is 0 Å². The average Bonchev–Trinajstić information content (AvgIpc) is 3.33. The van der Waals surface area contributed by atoms with E-state index >= 15 is 0 Å². The highest BCUT2D eigenvalue weighted by Gasteiger charge is 2.23. The molecule has 0 amide bonds.